The number of pyridine rings is 1. The molecule has 1 fully saturated rings. The molecule has 1 aromatic heterocycles. The van der Waals surface area contributed by atoms with Crippen LogP contribution in [0.2, 0.25) is 0 Å². The molecule has 98 valence electrons. The molecule has 0 aromatic carbocycles. The second-order valence-electron chi connectivity index (χ2n) is 4.57. The van der Waals surface area contributed by atoms with Crippen LogP contribution in [-0.2, 0) is 11.3 Å². The minimum Gasteiger partial charge on any atom is -0.345 e. The van der Waals surface area contributed by atoms with Crippen molar-refractivity contribution in [3.8, 4) is 0 Å². The van der Waals surface area contributed by atoms with Gasteiger partial charge in [0.15, 0.2) is 0 Å². The number of nitrogens with one attached hydrogen (secondary N) is 1. The van der Waals surface area contributed by atoms with E-state index in [-0.39, 0.29) is 5.91 Å². The summed E-state index contributed by atoms with van der Waals surface area (Å²) in [6, 6.07) is 3.85. The van der Waals surface area contributed by atoms with Gasteiger partial charge in [0.25, 0.3) is 0 Å². The summed E-state index contributed by atoms with van der Waals surface area (Å²) < 4.78 is 0. The molecule has 0 spiro atoms. The van der Waals surface area contributed by atoms with Crippen LogP contribution in [0.3, 0.4) is 0 Å². The fourth-order valence-electron chi connectivity index (χ4n) is 2.09. The number of carbonyl (C=O) groups is 1. The third-order valence-electron chi connectivity index (χ3n) is 3.13. The molecule has 1 saturated heterocycles. The average molecular weight is 249 g/mol. The lowest BCUT2D eigenvalue weighted by Gasteiger charge is -2.19. The zero-order chi connectivity index (χ0) is 13.0. The van der Waals surface area contributed by atoms with Gasteiger partial charge in [-0.1, -0.05) is 0 Å². The van der Waals surface area contributed by atoms with E-state index in [4.69, 9.17) is 5.84 Å². The molecule has 1 aliphatic heterocycles. The fourth-order valence-corrected chi connectivity index (χ4v) is 2.09. The first-order valence-electron chi connectivity index (χ1n) is 6.07. The molecule has 2 heterocycles. The van der Waals surface area contributed by atoms with Gasteiger partial charge in [0, 0.05) is 32.9 Å². The lowest BCUT2D eigenvalue weighted by atomic mass is 10.2. The number of hydrogen-bond donors (Lipinski definition) is 2. The number of nitrogens with zero attached hydrogens (tertiary/aromatic N) is 3. The Morgan fingerprint density at radius 1 is 1.50 bits per heavy atom. The highest BCUT2D eigenvalue weighted by Crippen LogP contribution is 2.11. The standard InChI is InChI=1S/C12H19N5O/c1-16-5-2-6-17(9-12(16)18)8-10-3-4-14-11(7-10)15-13/h3-4,7H,2,5-6,8-9,13H2,1H3,(H,14,15). The van der Waals surface area contributed by atoms with Crippen molar-refractivity contribution in [3.63, 3.8) is 0 Å². The first kappa shape index (κ1) is 12.8. The largest absolute Gasteiger partial charge is 0.345 e. The van der Waals surface area contributed by atoms with Gasteiger partial charge in [-0.25, -0.2) is 10.8 Å². The summed E-state index contributed by atoms with van der Waals surface area (Å²) in [5, 5.41) is 0. The summed E-state index contributed by atoms with van der Waals surface area (Å²) in [5.74, 6) is 6.15. The van der Waals surface area contributed by atoms with Gasteiger partial charge in [0.1, 0.15) is 5.82 Å². The lowest BCUT2D eigenvalue weighted by Crippen LogP contribution is -2.34. The maximum absolute atomic E-state index is 11.8. The van der Waals surface area contributed by atoms with Crippen LogP contribution in [0, 0.1) is 0 Å². The Labute approximate surface area is 107 Å². The first-order valence-corrected chi connectivity index (χ1v) is 6.07. The Morgan fingerprint density at radius 2 is 2.33 bits per heavy atom. The van der Waals surface area contributed by atoms with Crippen molar-refractivity contribution in [2.45, 2.75) is 13.0 Å². The highest BCUT2D eigenvalue weighted by molar-refractivity contribution is 5.78. The van der Waals surface area contributed by atoms with Crippen LogP contribution in [0.15, 0.2) is 18.3 Å². The Hall–Kier alpha value is -1.66. The summed E-state index contributed by atoms with van der Waals surface area (Å²) >= 11 is 0. The van der Waals surface area contributed by atoms with E-state index in [9.17, 15) is 4.79 Å². The summed E-state index contributed by atoms with van der Waals surface area (Å²) in [6.45, 7) is 2.99. The zero-order valence-corrected chi connectivity index (χ0v) is 10.6. The van der Waals surface area contributed by atoms with Crippen molar-refractivity contribution in [1.29, 1.82) is 0 Å². The minimum atomic E-state index is 0.179. The van der Waals surface area contributed by atoms with Gasteiger partial charge in [0.2, 0.25) is 5.91 Å². The molecule has 0 bridgehead atoms. The number of hydrogen-bond acceptors (Lipinski definition) is 5. The van der Waals surface area contributed by atoms with Crippen molar-refractivity contribution in [2.24, 2.45) is 5.84 Å². The molecule has 6 nitrogen and oxygen atoms in total. The number of anilines is 1. The van der Waals surface area contributed by atoms with Crippen molar-refractivity contribution in [1.82, 2.24) is 14.8 Å². The van der Waals surface area contributed by atoms with Crippen LogP contribution >= 0.6 is 0 Å². The smallest absolute Gasteiger partial charge is 0.236 e. The number of hydrazine groups is 1. The third-order valence-corrected chi connectivity index (χ3v) is 3.13. The molecule has 0 unspecified atom stereocenters. The molecule has 1 amide bonds. The second kappa shape index (κ2) is 5.79. The van der Waals surface area contributed by atoms with Gasteiger partial charge in [-0.05, 0) is 24.1 Å². The molecule has 2 rings (SSSR count). The van der Waals surface area contributed by atoms with Gasteiger partial charge >= 0.3 is 0 Å². The minimum absolute atomic E-state index is 0.179. The second-order valence-corrected chi connectivity index (χ2v) is 4.57. The van der Waals surface area contributed by atoms with Crippen LogP contribution in [0.25, 0.3) is 0 Å². The topological polar surface area (TPSA) is 74.5 Å². The molecule has 1 aromatic rings. The van der Waals surface area contributed by atoms with Gasteiger partial charge in [-0.3, -0.25) is 9.69 Å². The van der Waals surface area contributed by atoms with Gasteiger partial charge in [-0.2, -0.15) is 0 Å². The normalized spacial score (nSPS) is 17.7. The lowest BCUT2D eigenvalue weighted by molar-refractivity contribution is -0.129. The molecule has 0 atom stereocenters. The van der Waals surface area contributed by atoms with E-state index >= 15 is 0 Å². The van der Waals surface area contributed by atoms with E-state index in [1.807, 2.05) is 19.2 Å². The highest BCUT2D eigenvalue weighted by atomic mass is 16.2. The number of rotatable bonds is 3. The number of nitrogens with two attached hydrogens (primary N) is 1. The monoisotopic (exact) mass is 249 g/mol. The van der Waals surface area contributed by atoms with E-state index in [1.54, 1.807) is 11.1 Å². The Kier molecular flexibility index (Phi) is 4.11. The third kappa shape index (κ3) is 3.18. The molecular weight excluding hydrogens is 230 g/mol. The SMILES string of the molecule is CN1CCCN(Cc2ccnc(NN)c2)CC1=O. The fraction of sp³-hybridized carbons (Fsp3) is 0.500. The number of nitrogen functional groups attached to an aromatic ring is 1. The van der Waals surface area contributed by atoms with E-state index < -0.39 is 0 Å². The molecule has 1 aliphatic rings. The zero-order valence-electron chi connectivity index (χ0n) is 10.6. The molecule has 0 saturated carbocycles. The van der Waals surface area contributed by atoms with Crippen molar-refractivity contribution >= 4 is 11.7 Å². The highest BCUT2D eigenvalue weighted by Gasteiger charge is 2.18. The Morgan fingerprint density at radius 3 is 3.11 bits per heavy atom. The van der Waals surface area contributed by atoms with Crippen LogP contribution in [0.5, 0.6) is 0 Å². The van der Waals surface area contributed by atoms with E-state index in [0.717, 1.165) is 31.6 Å². The number of amides is 1. The van der Waals surface area contributed by atoms with Crippen molar-refractivity contribution in [3.05, 3.63) is 23.9 Å². The quantitative estimate of drug-likeness (QED) is 0.584. The van der Waals surface area contributed by atoms with Gasteiger partial charge in [0.05, 0.1) is 6.54 Å². The van der Waals surface area contributed by atoms with Gasteiger partial charge < -0.3 is 10.3 Å². The number of likely N-dealkylation sites (N-methyl/N-ethyl adjacent to an activating group) is 1. The Balaban J connectivity index is 2.01. The molecular formula is C12H19N5O. The first-order chi connectivity index (χ1) is 8.69. The van der Waals surface area contributed by atoms with Crippen molar-refractivity contribution < 1.29 is 4.79 Å². The number of aromatic nitrogens is 1. The van der Waals surface area contributed by atoms with E-state index in [1.165, 1.54) is 0 Å². The summed E-state index contributed by atoms with van der Waals surface area (Å²) in [7, 11) is 1.86. The van der Waals surface area contributed by atoms with Crippen molar-refractivity contribution in [2.75, 3.05) is 32.1 Å². The van der Waals surface area contributed by atoms with Gasteiger partial charge in [-0.15, -0.1) is 0 Å². The predicted molar refractivity (Wildman–Crippen MR) is 69.6 cm³/mol. The summed E-state index contributed by atoms with van der Waals surface area (Å²) in [5.41, 5.74) is 3.63. The molecule has 0 radical (unpaired) electrons. The van der Waals surface area contributed by atoms with Crippen LogP contribution < -0.4 is 11.3 Å². The number of carbonyl (C=O) groups excluding carboxylic acids is 1. The van der Waals surface area contributed by atoms with Crippen LogP contribution in [-0.4, -0.2) is 47.4 Å². The molecule has 6 heteroatoms. The maximum atomic E-state index is 11.8. The van der Waals surface area contributed by atoms with E-state index in [0.29, 0.717) is 12.4 Å². The van der Waals surface area contributed by atoms with Crippen LogP contribution in [0.4, 0.5) is 5.82 Å². The Bertz CT molecular complexity index is 423. The summed E-state index contributed by atoms with van der Waals surface area (Å²) in [4.78, 5) is 19.8. The summed E-state index contributed by atoms with van der Waals surface area (Å²) in [6.07, 6.45) is 2.73. The maximum Gasteiger partial charge on any atom is 0.236 e. The molecule has 3 N–H and O–H groups in total. The molecule has 0 aliphatic carbocycles. The predicted octanol–water partition coefficient (Wildman–Crippen LogP) is 0.0313. The van der Waals surface area contributed by atoms with Crippen LogP contribution in [0.1, 0.15) is 12.0 Å². The molecule has 18 heavy (non-hydrogen) atoms. The van der Waals surface area contributed by atoms with E-state index in [2.05, 4.69) is 15.3 Å². The average Bonchev–Trinajstić information content (AvgIpc) is 2.52.